The maximum atomic E-state index is 12.6. The molecule has 4 aromatic rings. The second-order valence-corrected chi connectivity index (χ2v) is 9.33. The van der Waals surface area contributed by atoms with Crippen LogP contribution in [-0.4, -0.2) is 35.2 Å². The molecule has 0 unspecified atom stereocenters. The summed E-state index contributed by atoms with van der Waals surface area (Å²) in [6.45, 7) is 3.40. The zero-order valence-corrected chi connectivity index (χ0v) is 23.4. The van der Waals surface area contributed by atoms with Crippen LogP contribution in [0.4, 0.5) is 5.69 Å². The van der Waals surface area contributed by atoms with Crippen molar-refractivity contribution in [1.29, 1.82) is 0 Å². The number of fused-ring (bicyclic) bond motifs is 1. The van der Waals surface area contributed by atoms with Crippen LogP contribution in [0, 0.1) is 0 Å². The summed E-state index contributed by atoms with van der Waals surface area (Å²) in [5.41, 5.74) is 3.15. The van der Waals surface area contributed by atoms with Crippen LogP contribution < -0.4 is 20.5 Å². The summed E-state index contributed by atoms with van der Waals surface area (Å²) in [4.78, 5) is 31.0. The molecule has 9 heteroatoms. The highest BCUT2D eigenvalue weighted by Gasteiger charge is 2.21. The molecule has 1 aliphatic rings. The van der Waals surface area contributed by atoms with Crippen molar-refractivity contribution in [2.24, 2.45) is 0 Å². The van der Waals surface area contributed by atoms with Crippen LogP contribution in [-0.2, 0) is 24.3 Å². The number of aromatic nitrogens is 2. The molecule has 1 aliphatic heterocycles. The number of ether oxygens (including phenoxy) is 1. The summed E-state index contributed by atoms with van der Waals surface area (Å²) in [5.74, 6) is 0.967. The Kier molecular flexibility index (Phi) is 11.3. The Morgan fingerprint density at radius 3 is 2.69 bits per heavy atom. The van der Waals surface area contributed by atoms with Crippen LogP contribution in [0.2, 0.25) is 0 Å². The van der Waals surface area contributed by atoms with Crippen LogP contribution in [0.1, 0.15) is 30.5 Å². The van der Waals surface area contributed by atoms with E-state index in [2.05, 4.69) is 16.4 Å². The number of aryl methyl sites for hydroxylation is 1. The zero-order valence-electron chi connectivity index (χ0n) is 21.8. The van der Waals surface area contributed by atoms with Gasteiger partial charge in [-0.15, -0.1) is 24.8 Å². The van der Waals surface area contributed by atoms with E-state index in [1.165, 1.54) is 5.56 Å². The van der Waals surface area contributed by atoms with Gasteiger partial charge in [0.15, 0.2) is 0 Å². The molecule has 0 atom stereocenters. The molecule has 1 amide bonds. The number of benzene rings is 2. The first-order valence-electron chi connectivity index (χ1n) is 12.9. The van der Waals surface area contributed by atoms with Crippen molar-refractivity contribution in [3.05, 3.63) is 101 Å². The minimum atomic E-state index is 0. The van der Waals surface area contributed by atoms with E-state index in [-0.39, 0.29) is 36.3 Å². The van der Waals surface area contributed by atoms with Crippen molar-refractivity contribution in [3.63, 3.8) is 0 Å². The van der Waals surface area contributed by atoms with E-state index < -0.39 is 0 Å². The summed E-state index contributed by atoms with van der Waals surface area (Å²) in [6, 6.07) is 21.6. The summed E-state index contributed by atoms with van der Waals surface area (Å²) in [6.07, 6.45) is 6.91. The van der Waals surface area contributed by atoms with Gasteiger partial charge in [-0.2, -0.15) is 0 Å². The van der Waals surface area contributed by atoms with Crippen molar-refractivity contribution in [2.45, 2.75) is 38.8 Å². The fourth-order valence-corrected chi connectivity index (χ4v) is 4.72. The number of pyridine rings is 2. The molecule has 7 nitrogen and oxygen atoms in total. The quantitative estimate of drug-likeness (QED) is 0.253. The molecule has 0 saturated carbocycles. The highest BCUT2D eigenvalue weighted by molar-refractivity contribution is 5.95. The minimum absolute atomic E-state index is 0. The van der Waals surface area contributed by atoms with Gasteiger partial charge < -0.3 is 19.5 Å². The third-order valence-corrected chi connectivity index (χ3v) is 6.67. The fraction of sp³-hybridized carbons (Fsp3) is 0.300. The molecule has 0 spiro atoms. The molecule has 2 aromatic carbocycles. The minimum Gasteiger partial charge on any atom is -0.494 e. The lowest BCUT2D eigenvalue weighted by molar-refractivity contribution is -0.117. The Morgan fingerprint density at radius 2 is 1.85 bits per heavy atom. The van der Waals surface area contributed by atoms with Gasteiger partial charge in [-0.1, -0.05) is 24.3 Å². The number of nitrogens with zero attached hydrogens (tertiary/aromatic N) is 3. The first-order valence-corrected chi connectivity index (χ1v) is 12.9. The van der Waals surface area contributed by atoms with Crippen LogP contribution in [0.5, 0.6) is 5.75 Å². The van der Waals surface area contributed by atoms with Gasteiger partial charge in [0, 0.05) is 67.8 Å². The van der Waals surface area contributed by atoms with Gasteiger partial charge in [0.2, 0.25) is 5.91 Å². The smallest absolute Gasteiger partial charge is 0.258 e. The Hall–Kier alpha value is -3.39. The third-order valence-electron chi connectivity index (χ3n) is 6.67. The van der Waals surface area contributed by atoms with Gasteiger partial charge in [-0.05, 0) is 66.6 Å². The Bertz CT molecular complexity index is 1440. The first kappa shape index (κ1) is 30.2. The van der Waals surface area contributed by atoms with Crippen LogP contribution >= 0.6 is 24.8 Å². The van der Waals surface area contributed by atoms with Crippen LogP contribution in [0.25, 0.3) is 10.8 Å². The summed E-state index contributed by atoms with van der Waals surface area (Å²) in [5, 5.41) is 5.16. The molecular formula is C30H34Cl2N4O3. The van der Waals surface area contributed by atoms with Gasteiger partial charge in [0.25, 0.3) is 5.56 Å². The Labute approximate surface area is 241 Å². The van der Waals surface area contributed by atoms with Gasteiger partial charge in [-0.3, -0.25) is 14.6 Å². The van der Waals surface area contributed by atoms with E-state index >= 15 is 0 Å². The lowest BCUT2D eigenvalue weighted by atomic mass is 10.1. The first-order chi connectivity index (χ1) is 18.2. The predicted octanol–water partition coefficient (Wildman–Crippen LogP) is 5.17. The molecule has 5 rings (SSSR count). The standard InChI is InChI=1S/C30H32N4O3.2ClH/c35-29-11-4-16-34(29)26-8-3-9-27(21-26)37-19-5-7-25-20-23(12-14-32-25)22-31-15-18-33-17-13-24-6-1-2-10-28(24)30(33)36;;/h1-3,6,8-10,12-14,17,20-21,31H,4-5,7,11,15-16,18-19,22H2;2*1H. The number of carbonyl (C=O) groups is 1. The van der Waals surface area contributed by atoms with E-state index in [1.807, 2.05) is 78.0 Å². The lowest BCUT2D eigenvalue weighted by Gasteiger charge is -2.16. The molecule has 206 valence electrons. The lowest BCUT2D eigenvalue weighted by Crippen LogP contribution is -2.26. The van der Waals surface area contributed by atoms with Gasteiger partial charge in [-0.25, -0.2) is 0 Å². The third kappa shape index (κ3) is 7.82. The van der Waals surface area contributed by atoms with E-state index in [0.717, 1.165) is 60.3 Å². The second-order valence-electron chi connectivity index (χ2n) is 9.33. The van der Waals surface area contributed by atoms with Gasteiger partial charge >= 0.3 is 0 Å². The maximum absolute atomic E-state index is 12.6. The summed E-state index contributed by atoms with van der Waals surface area (Å²) in [7, 11) is 0. The normalized spacial score (nSPS) is 12.7. The summed E-state index contributed by atoms with van der Waals surface area (Å²) < 4.78 is 7.70. The van der Waals surface area contributed by atoms with E-state index in [0.29, 0.717) is 26.1 Å². The number of anilines is 1. The Morgan fingerprint density at radius 1 is 0.974 bits per heavy atom. The van der Waals surface area contributed by atoms with E-state index in [4.69, 9.17) is 4.74 Å². The fourth-order valence-electron chi connectivity index (χ4n) is 4.72. The molecular weight excluding hydrogens is 535 g/mol. The molecule has 1 fully saturated rings. The van der Waals surface area contributed by atoms with Crippen molar-refractivity contribution in [2.75, 3.05) is 24.6 Å². The number of nitrogens with one attached hydrogen (secondary N) is 1. The SMILES string of the molecule is Cl.Cl.O=C1CCCN1c1cccc(OCCCc2cc(CNCCn3ccc4ccccc4c3=O)ccn2)c1. The van der Waals surface area contributed by atoms with Crippen molar-refractivity contribution >= 4 is 47.2 Å². The predicted molar refractivity (Wildman–Crippen MR) is 160 cm³/mol. The highest BCUT2D eigenvalue weighted by Crippen LogP contribution is 2.25. The molecule has 0 bridgehead atoms. The van der Waals surface area contributed by atoms with E-state index in [1.54, 1.807) is 4.57 Å². The average Bonchev–Trinajstić information content (AvgIpc) is 3.36. The largest absolute Gasteiger partial charge is 0.494 e. The number of hydrogen-bond donors (Lipinski definition) is 1. The number of hydrogen-bond acceptors (Lipinski definition) is 5. The van der Waals surface area contributed by atoms with Crippen molar-refractivity contribution in [1.82, 2.24) is 14.9 Å². The van der Waals surface area contributed by atoms with E-state index in [9.17, 15) is 9.59 Å². The maximum Gasteiger partial charge on any atom is 0.258 e. The number of amides is 1. The molecule has 0 radical (unpaired) electrons. The number of rotatable bonds is 11. The number of carbonyl (C=O) groups excluding carboxylic acids is 1. The van der Waals surface area contributed by atoms with Crippen molar-refractivity contribution < 1.29 is 9.53 Å². The van der Waals surface area contributed by atoms with Crippen LogP contribution in [0.15, 0.2) is 83.9 Å². The summed E-state index contributed by atoms with van der Waals surface area (Å²) >= 11 is 0. The molecule has 39 heavy (non-hydrogen) atoms. The molecule has 1 saturated heterocycles. The number of halogens is 2. The van der Waals surface area contributed by atoms with Gasteiger partial charge in [0.1, 0.15) is 5.75 Å². The molecule has 1 N–H and O–H groups in total. The topological polar surface area (TPSA) is 76.5 Å². The highest BCUT2D eigenvalue weighted by atomic mass is 35.5. The molecule has 3 heterocycles. The monoisotopic (exact) mass is 568 g/mol. The molecule has 2 aromatic heterocycles. The van der Waals surface area contributed by atoms with Crippen LogP contribution in [0.3, 0.4) is 0 Å². The zero-order chi connectivity index (χ0) is 25.5. The van der Waals surface area contributed by atoms with Gasteiger partial charge in [0.05, 0.1) is 6.61 Å². The Balaban J connectivity index is 0.00000210. The second kappa shape index (κ2) is 14.7. The molecule has 0 aliphatic carbocycles. The average molecular weight is 570 g/mol. The van der Waals surface area contributed by atoms with Crippen molar-refractivity contribution in [3.8, 4) is 5.75 Å².